The molecule has 1 aliphatic heterocycles. The molecule has 12 heavy (non-hydrogen) atoms. The van der Waals surface area contributed by atoms with Crippen LogP contribution in [0.25, 0.3) is 0 Å². The molecule has 2 aliphatic rings. The van der Waals surface area contributed by atoms with Crippen LogP contribution in [0.1, 0.15) is 46.0 Å². The minimum atomic E-state index is -0.183. The molecule has 0 unspecified atom stereocenters. The van der Waals surface area contributed by atoms with Gasteiger partial charge in [-0.1, -0.05) is 6.42 Å². The Morgan fingerprint density at radius 3 is 1.92 bits per heavy atom. The van der Waals surface area contributed by atoms with Gasteiger partial charge in [0.1, 0.15) is 0 Å². The molecule has 2 fully saturated rings. The van der Waals surface area contributed by atoms with Crippen LogP contribution in [0.15, 0.2) is 0 Å². The third-order valence-corrected chi connectivity index (χ3v) is 3.08. The van der Waals surface area contributed by atoms with Crippen LogP contribution in [0.3, 0.4) is 0 Å². The lowest BCUT2D eigenvalue weighted by Crippen LogP contribution is -2.33. The molecular formula is C10H18O2. The molecule has 1 spiro atoms. The Balaban J connectivity index is 2.02. The van der Waals surface area contributed by atoms with E-state index in [4.69, 9.17) is 9.47 Å². The summed E-state index contributed by atoms with van der Waals surface area (Å²) >= 11 is 0. The topological polar surface area (TPSA) is 18.5 Å². The maximum Gasteiger partial charge on any atom is 0.169 e. The monoisotopic (exact) mass is 170 g/mol. The van der Waals surface area contributed by atoms with Gasteiger partial charge in [-0.2, -0.15) is 0 Å². The molecule has 0 aromatic heterocycles. The maximum atomic E-state index is 5.88. The van der Waals surface area contributed by atoms with Gasteiger partial charge in [-0.25, -0.2) is 0 Å². The summed E-state index contributed by atoms with van der Waals surface area (Å²) < 4.78 is 11.8. The highest BCUT2D eigenvalue weighted by molar-refractivity contribution is 4.84. The minimum Gasteiger partial charge on any atom is -0.344 e. The Morgan fingerprint density at radius 2 is 1.42 bits per heavy atom. The lowest BCUT2D eigenvalue weighted by molar-refractivity contribution is -0.191. The van der Waals surface area contributed by atoms with Gasteiger partial charge in [-0.3, -0.25) is 0 Å². The molecule has 2 rings (SSSR count). The van der Waals surface area contributed by atoms with E-state index in [1.165, 1.54) is 19.3 Å². The Hall–Kier alpha value is -0.0800. The Bertz CT molecular complexity index is 149. The molecule has 1 heterocycles. The predicted octanol–water partition coefficient (Wildman–Crippen LogP) is 2.47. The van der Waals surface area contributed by atoms with E-state index in [0.29, 0.717) is 0 Å². The van der Waals surface area contributed by atoms with Gasteiger partial charge in [0, 0.05) is 12.8 Å². The van der Waals surface area contributed by atoms with Gasteiger partial charge < -0.3 is 9.47 Å². The van der Waals surface area contributed by atoms with Crippen molar-refractivity contribution in [3.8, 4) is 0 Å². The second kappa shape index (κ2) is 3.00. The first-order valence-electron chi connectivity index (χ1n) is 5.07. The molecule has 0 bridgehead atoms. The van der Waals surface area contributed by atoms with Crippen molar-refractivity contribution < 1.29 is 9.47 Å². The number of ether oxygens (including phenoxy) is 2. The summed E-state index contributed by atoms with van der Waals surface area (Å²) in [4.78, 5) is 0. The van der Waals surface area contributed by atoms with Gasteiger partial charge in [0.05, 0.1) is 12.2 Å². The summed E-state index contributed by atoms with van der Waals surface area (Å²) in [7, 11) is 0. The number of hydrogen-bond acceptors (Lipinski definition) is 2. The zero-order valence-electron chi connectivity index (χ0n) is 8.01. The van der Waals surface area contributed by atoms with Crippen molar-refractivity contribution in [1.82, 2.24) is 0 Å². The minimum absolute atomic E-state index is 0.183. The fourth-order valence-electron chi connectivity index (χ4n) is 2.22. The second-order valence-corrected chi connectivity index (χ2v) is 4.12. The summed E-state index contributed by atoms with van der Waals surface area (Å²) in [5.41, 5.74) is 0. The van der Waals surface area contributed by atoms with Gasteiger partial charge in [0.2, 0.25) is 0 Å². The summed E-state index contributed by atoms with van der Waals surface area (Å²) in [6, 6.07) is 0. The highest BCUT2D eigenvalue weighted by Crippen LogP contribution is 2.39. The van der Waals surface area contributed by atoms with Crippen LogP contribution in [-0.2, 0) is 9.47 Å². The first-order valence-corrected chi connectivity index (χ1v) is 5.07. The largest absolute Gasteiger partial charge is 0.344 e. The van der Waals surface area contributed by atoms with Crippen LogP contribution in [0.4, 0.5) is 0 Å². The Morgan fingerprint density at radius 1 is 0.917 bits per heavy atom. The van der Waals surface area contributed by atoms with E-state index in [9.17, 15) is 0 Å². The van der Waals surface area contributed by atoms with Crippen molar-refractivity contribution in [1.29, 1.82) is 0 Å². The second-order valence-electron chi connectivity index (χ2n) is 4.12. The highest BCUT2D eigenvalue weighted by atomic mass is 16.8. The molecular weight excluding hydrogens is 152 g/mol. The molecule has 1 saturated heterocycles. The van der Waals surface area contributed by atoms with Gasteiger partial charge in [0.25, 0.3) is 0 Å². The van der Waals surface area contributed by atoms with Crippen LogP contribution in [0, 0.1) is 0 Å². The first-order chi connectivity index (χ1) is 5.72. The highest BCUT2D eigenvalue weighted by Gasteiger charge is 2.44. The van der Waals surface area contributed by atoms with Crippen LogP contribution < -0.4 is 0 Å². The quantitative estimate of drug-likeness (QED) is 0.556. The van der Waals surface area contributed by atoms with Crippen LogP contribution in [0.5, 0.6) is 0 Å². The Kier molecular flexibility index (Phi) is 2.13. The lowest BCUT2D eigenvalue weighted by Gasteiger charge is -2.31. The molecule has 2 atom stereocenters. The average Bonchev–Trinajstić information content (AvgIpc) is 2.29. The van der Waals surface area contributed by atoms with Crippen molar-refractivity contribution in [2.24, 2.45) is 0 Å². The zero-order chi connectivity index (χ0) is 8.60. The molecule has 0 aromatic rings. The molecule has 0 amide bonds. The summed E-state index contributed by atoms with van der Waals surface area (Å²) in [5, 5.41) is 0. The van der Waals surface area contributed by atoms with Crippen LogP contribution in [-0.4, -0.2) is 18.0 Å². The van der Waals surface area contributed by atoms with E-state index in [0.717, 1.165) is 12.8 Å². The summed E-state index contributed by atoms with van der Waals surface area (Å²) in [6.45, 7) is 4.21. The van der Waals surface area contributed by atoms with Gasteiger partial charge in [-0.15, -0.1) is 0 Å². The van der Waals surface area contributed by atoms with Crippen molar-refractivity contribution in [2.75, 3.05) is 0 Å². The molecule has 0 radical (unpaired) electrons. The van der Waals surface area contributed by atoms with Crippen molar-refractivity contribution in [3.63, 3.8) is 0 Å². The standard InChI is InChI=1S/C10H18O2/c1-8-9(2)12-10(11-8)6-4-3-5-7-10/h8-9H,3-7H2,1-2H3/t8-,9-/m0/s1. The van der Waals surface area contributed by atoms with E-state index >= 15 is 0 Å². The fourth-order valence-corrected chi connectivity index (χ4v) is 2.22. The molecule has 2 heteroatoms. The van der Waals surface area contributed by atoms with Gasteiger partial charge >= 0.3 is 0 Å². The van der Waals surface area contributed by atoms with Crippen LogP contribution >= 0.6 is 0 Å². The molecule has 70 valence electrons. The third kappa shape index (κ3) is 1.38. The van der Waals surface area contributed by atoms with E-state index in [-0.39, 0.29) is 18.0 Å². The SMILES string of the molecule is C[C@@H]1OC2(CCCCC2)O[C@H]1C. The average molecular weight is 170 g/mol. The smallest absolute Gasteiger partial charge is 0.169 e. The molecule has 1 saturated carbocycles. The first kappa shape index (κ1) is 8.52. The molecule has 2 nitrogen and oxygen atoms in total. The van der Waals surface area contributed by atoms with E-state index in [1.807, 2.05) is 0 Å². The van der Waals surface area contributed by atoms with Crippen molar-refractivity contribution in [3.05, 3.63) is 0 Å². The van der Waals surface area contributed by atoms with Gasteiger partial charge in [-0.05, 0) is 26.7 Å². The normalized spacial score (nSPS) is 40.5. The predicted molar refractivity (Wildman–Crippen MR) is 46.9 cm³/mol. The molecule has 0 aromatic carbocycles. The van der Waals surface area contributed by atoms with Crippen molar-refractivity contribution >= 4 is 0 Å². The third-order valence-electron chi connectivity index (χ3n) is 3.08. The van der Waals surface area contributed by atoms with E-state index in [1.54, 1.807) is 0 Å². The van der Waals surface area contributed by atoms with Gasteiger partial charge in [0.15, 0.2) is 5.79 Å². The lowest BCUT2D eigenvalue weighted by atomic mass is 9.94. The maximum absolute atomic E-state index is 5.88. The van der Waals surface area contributed by atoms with Crippen LogP contribution in [0.2, 0.25) is 0 Å². The van der Waals surface area contributed by atoms with E-state index < -0.39 is 0 Å². The zero-order valence-corrected chi connectivity index (χ0v) is 8.01. The Labute approximate surface area is 74.2 Å². The molecule has 1 aliphatic carbocycles. The fraction of sp³-hybridized carbons (Fsp3) is 1.00. The number of hydrogen-bond donors (Lipinski definition) is 0. The summed E-state index contributed by atoms with van der Waals surface area (Å²) in [6.07, 6.45) is 6.63. The molecule has 0 N–H and O–H groups in total. The number of rotatable bonds is 0. The van der Waals surface area contributed by atoms with Crippen molar-refractivity contribution in [2.45, 2.75) is 63.9 Å². The van der Waals surface area contributed by atoms with E-state index in [2.05, 4.69) is 13.8 Å². The summed E-state index contributed by atoms with van der Waals surface area (Å²) in [5.74, 6) is -0.183.